The number of nitrogens with one attached hydrogen (secondary N) is 1. The fourth-order valence-corrected chi connectivity index (χ4v) is 3.43. The lowest BCUT2D eigenvalue weighted by molar-refractivity contribution is 0.0690. The Bertz CT molecular complexity index is 900. The number of rotatable bonds is 7. The molecule has 0 bridgehead atoms. The molecule has 2 rings (SSSR count). The van der Waals surface area contributed by atoms with Crippen molar-refractivity contribution in [3.63, 3.8) is 0 Å². The van der Waals surface area contributed by atoms with Crippen molar-refractivity contribution in [2.45, 2.75) is 31.3 Å². The molecule has 0 saturated heterocycles. The molecule has 0 fully saturated rings. The van der Waals surface area contributed by atoms with Crippen LogP contribution in [0.4, 0.5) is 0 Å². The van der Waals surface area contributed by atoms with Crippen molar-refractivity contribution < 1.29 is 13.2 Å². The van der Waals surface area contributed by atoms with E-state index in [0.29, 0.717) is 12.1 Å². The predicted molar refractivity (Wildman–Crippen MR) is 102 cm³/mol. The fraction of sp³-hybridized carbons (Fsp3) is 0.250. The van der Waals surface area contributed by atoms with Gasteiger partial charge in [0.1, 0.15) is 0 Å². The van der Waals surface area contributed by atoms with Crippen LogP contribution in [0.15, 0.2) is 59.5 Å². The smallest absolute Gasteiger partial charge is 0.254 e. The van der Waals surface area contributed by atoms with Crippen molar-refractivity contribution in [3.05, 3.63) is 65.7 Å². The largest absolute Gasteiger partial charge is 0.332 e. The molecular weight excluding hydrogens is 348 g/mol. The molecule has 0 spiro atoms. The Hall–Kier alpha value is -2.62. The maximum absolute atomic E-state index is 13.0. The molecule has 0 saturated carbocycles. The average molecular weight is 370 g/mol. The Morgan fingerprint density at radius 1 is 1.15 bits per heavy atom. The van der Waals surface area contributed by atoms with Gasteiger partial charge < -0.3 is 4.90 Å². The molecule has 2 aromatic carbocycles. The SMILES string of the molecule is C#CCNS(=O)(=O)c1cccc(C(=O)N(Cc2ccccc2)C(C)C)c1. The zero-order chi connectivity index (χ0) is 19.2. The molecule has 0 aromatic heterocycles. The minimum absolute atomic E-state index is 0.0158. The van der Waals surface area contributed by atoms with E-state index < -0.39 is 10.0 Å². The lowest BCUT2D eigenvalue weighted by Crippen LogP contribution is -2.36. The highest BCUT2D eigenvalue weighted by atomic mass is 32.2. The van der Waals surface area contributed by atoms with Gasteiger partial charge in [-0.15, -0.1) is 6.42 Å². The molecular formula is C20H22N2O3S. The quantitative estimate of drug-likeness (QED) is 0.762. The molecule has 0 atom stereocenters. The first-order valence-electron chi connectivity index (χ1n) is 8.23. The second kappa shape index (κ2) is 8.65. The van der Waals surface area contributed by atoms with Crippen LogP contribution in [0, 0.1) is 12.3 Å². The first-order chi connectivity index (χ1) is 12.3. The Morgan fingerprint density at radius 3 is 2.46 bits per heavy atom. The number of hydrogen-bond acceptors (Lipinski definition) is 3. The summed E-state index contributed by atoms with van der Waals surface area (Å²) in [6, 6.07) is 15.6. The molecule has 26 heavy (non-hydrogen) atoms. The number of benzene rings is 2. The van der Waals surface area contributed by atoms with E-state index in [-0.39, 0.29) is 23.4 Å². The summed E-state index contributed by atoms with van der Waals surface area (Å²) < 4.78 is 26.8. The standard InChI is InChI=1S/C20H22N2O3S/c1-4-13-21-26(24,25)19-12-8-11-18(14-19)20(23)22(16(2)3)15-17-9-6-5-7-10-17/h1,5-12,14,16,21H,13,15H2,2-3H3. The molecule has 1 N–H and O–H groups in total. The van der Waals surface area contributed by atoms with Gasteiger partial charge in [0.25, 0.3) is 5.91 Å². The van der Waals surface area contributed by atoms with Crippen LogP contribution in [-0.2, 0) is 16.6 Å². The van der Waals surface area contributed by atoms with E-state index in [9.17, 15) is 13.2 Å². The van der Waals surface area contributed by atoms with Gasteiger partial charge in [0, 0.05) is 18.2 Å². The minimum Gasteiger partial charge on any atom is -0.332 e. The van der Waals surface area contributed by atoms with E-state index in [4.69, 9.17) is 6.42 Å². The van der Waals surface area contributed by atoms with Crippen LogP contribution in [0.5, 0.6) is 0 Å². The number of carbonyl (C=O) groups excluding carboxylic acids is 1. The normalized spacial score (nSPS) is 11.2. The summed E-state index contributed by atoms with van der Waals surface area (Å²) in [4.78, 5) is 14.7. The number of amides is 1. The maximum atomic E-state index is 13.0. The van der Waals surface area contributed by atoms with E-state index in [0.717, 1.165) is 5.56 Å². The summed E-state index contributed by atoms with van der Waals surface area (Å²) in [5.41, 5.74) is 1.33. The van der Waals surface area contributed by atoms with Gasteiger partial charge in [0.2, 0.25) is 10.0 Å². The van der Waals surface area contributed by atoms with Crippen LogP contribution in [0.1, 0.15) is 29.8 Å². The van der Waals surface area contributed by atoms with E-state index in [1.54, 1.807) is 17.0 Å². The van der Waals surface area contributed by atoms with Crippen molar-refractivity contribution >= 4 is 15.9 Å². The van der Waals surface area contributed by atoms with Crippen molar-refractivity contribution in [2.75, 3.05) is 6.54 Å². The lowest BCUT2D eigenvalue weighted by atomic mass is 10.1. The molecule has 0 unspecified atom stereocenters. The van der Waals surface area contributed by atoms with Gasteiger partial charge in [-0.2, -0.15) is 4.72 Å². The summed E-state index contributed by atoms with van der Waals surface area (Å²) in [5, 5.41) is 0. The zero-order valence-corrected chi connectivity index (χ0v) is 15.7. The predicted octanol–water partition coefficient (Wildman–Crippen LogP) is 2.65. The summed E-state index contributed by atoms with van der Waals surface area (Å²) >= 11 is 0. The second-order valence-corrected chi connectivity index (χ2v) is 7.84. The molecule has 5 nitrogen and oxygen atoms in total. The van der Waals surface area contributed by atoms with Gasteiger partial charge in [-0.05, 0) is 37.6 Å². The second-order valence-electron chi connectivity index (χ2n) is 6.07. The number of terminal acetylenes is 1. The lowest BCUT2D eigenvalue weighted by Gasteiger charge is -2.27. The van der Waals surface area contributed by atoms with Crippen molar-refractivity contribution in [1.29, 1.82) is 0 Å². The highest BCUT2D eigenvalue weighted by Gasteiger charge is 2.21. The Kier molecular flexibility index (Phi) is 6.56. The number of nitrogens with zero attached hydrogens (tertiary/aromatic N) is 1. The zero-order valence-electron chi connectivity index (χ0n) is 14.8. The topological polar surface area (TPSA) is 66.5 Å². The summed E-state index contributed by atoms with van der Waals surface area (Å²) in [6.45, 7) is 4.20. The monoisotopic (exact) mass is 370 g/mol. The third kappa shape index (κ3) is 4.94. The molecule has 2 aromatic rings. The van der Waals surface area contributed by atoms with Gasteiger partial charge in [0.15, 0.2) is 0 Å². The molecule has 0 aliphatic carbocycles. The van der Waals surface area contributed by atoms with Crippen LogP contribution in [0.2, 0.25) is 0 Å². The first kappa shape index (κ1) is 19.7. The molecule has 0 radical (unpaired) electrons. The maximum Gasteiger partial charge on any atom is 0.254 e. The average Bonchev–Trinajstić information content (AvgIpc) is 2.64. The summed E-state index contributed by atoms with van der Waals surface area (Å²) in [6.07, 6.45) is 5.10. The highest BCUT2D eigenvalue weighted by Crippen LogP contribution is 2.17. The minimum atomic E-state index is -3.75. The molecule has 136 valence electrons. The Balaban J connectivity index is 2.29. The molecule has 0 heterocycles. The van der Waals surface area contributed by atoms with Gasteiger partial charge in [-0.1, -0.05) is 42.3 Å². The first-order valence-corrected chi connectivity index (χ1v) is 9.71. The van der Waals surface area contributed by atoms with E-state index in [1.807, 2.05) is 44.2 Å². The van der Waals surface area contributed by atoms with Crippen LogP contribution in [0.25, 0.3) is 0 Å². The van der Waals surface area contributed by atoms with Crippen molar-refractivity contribution in [2.24, 2.45) is 0 Å². The van der Waals surface area contributed by atoms with Gasteiger partial charge >= 0.3 is 0 Å². The van der Waals surface area contributed by atoms with Crippen LogP contribution in [0.3, 0.4) is 0 Å². The van der Waals surface area contributed by atoms with E-state index in [1.165, 1.54) is 12.1 Å². The molecule has 1 amide bonds. The van der Waals surface area contributed by atoms with Gasteiger partial charge in [-0.3, -0.25) is 4.79 Å². The van der Waals surface area contributed by atoms with Crippen LogP contribution < -0.4 is 4.72 Å². The van der Waals surface area contributed by atoms with E-state index >= 15 is 0 Å². The van der Waals surface area contributed by atoms with Crippen LogP contribution >= 0.6 is 0 Å². The summed E-state index contributed by atoms with van der Waals surface area (Å²) in [7, 11) is -3.75. The molecule has 0 aliphatic heterocycles. The third-order valence-electron chi connectivity index (χ3n) is 3.84. The Morgan fingerprint density at radius 2 is 1.85 bits per heavy atom. The van der Waals surface area contributed by atoms with Crippen molar-refractivity contribution in [1.82, 2.24) is 9.62 Å². The van der Waals surface area contributed by atoms with Crippen LogP contribution in [-0.4, -0.2) is 31.8 Å². The number of hydrogen-bond donors (Lipinski definition) is 1. The Labute approximate surface area is 155 Å². The molecule has 6 heteroatoms. The van der Waals surface area contributed by atoms with E-state index in [2.05, 4.69) is 10.6 Å². The fourth-order valence-electron chi connectivity index (χ4n) is 2.45. The number of sulfonamides is 1. The molecule has 0 aliphatic rings. The number of carbonyl (C=O) groups is 1. The van der Waals surface area contributed by atoms with Gasteiger partial charge in [0.05, 0.1) is 11.4 Å². The van der Waals surface area contributed by atoms with Crippen molar-refractivity contribution in [3.8, 4) is 12.3 Å². The third-order valence-corrected chi connectivity index (χ3v) is 5.23. The van der Waals surface area contributed by atoms with Gasteiger partial charge in [-0.25, -0.2) is 8.42 Å². The highest BCUT2D eigenvalue weighted by molar-refractivity contribution is 7.89. The summed E-state index contributed by atoms with van der Waals surface area (Å²) in [5.74, 6) is 2.00.